The molecule has 0 heterocycles. The Morgan fingerprint density at radius 1 is 1.44 bits per heavy atom. The Bertz CT molecular complexity index is 496. The van der Waals surface area contributed by atoms with Crippen molar-refractivity contribution in [2.24, 2.45) is 5.73 Å². The molecule has 0 spiro atoms. The Morgan fingerprint density at radius 2 is 2.19 bits per heavy atom. The predicted octanol–water partition coefficient (Wildman–Crippen LogP) is 1.36. The number of nitrogens with two attached hydrogens (primary N) is 1. The molecule has 0 radical (unpaired) electrons. The molecule has 0 saturated heterocycles. The molecule has 0 aliphatic heterocycles. The molecule has 1 atom stereocenters. The molecule has 0 unspecified atom stereocenters. The first-order valence-electron chi connectivity index (χ1n) is 5.23. The van der Waals surface area contributed by atoms with E-state index in [0.29, 0.717) is 5.75 Å². The zero-order valence-electron chi connectivity index (χ0n) is 9.14. The molecule has 5 heteroatoms. The maximum absolute atomic E-state index is 11.0. The lowest BCUT2D eigenvalue weighted by Crippen LogP contribution is -2.17. The van der Waals surface area contributed by atoms with Gasteiger partial charge in [-0.25, -0.2) is 0 Å². The van der Waals surface area contributed by atoms with Crippen LogP contribution in [0.2, 0.25) is 0 Å². The van der Waals surface area contributed by atoms with Crippen molar-refractivity contribution in [3.63, 3.8) is 0 Å². The lowest BCUT2D eigenvalue weighted by atomic mass is 9.88. The molecule has 0 saturated carbocycles. The van der Waals surface area contributed by atoms with E-state index in [9.17, 15) is 8.42 Å². The standard InChI is InChI=1S/C11H15NO3S/c1-16(13,14)15-9-5-6-10-8(7-9)3-2-4-11(10)12/h5-7,11H,2-4,12H2,1H3/t11-/m1/s1. The predicted molar refractivity (Wildman–Crippen MR) is 61.8 cm³/mol. The maximum Gasteiger partial charge on any atom is 0.306 e. The second-order valence-corrected chi connectivity index (χ2v) is 5.72. The van der Waals surface area contributed by atoms with Gasteiger partial charge < -0.3 is 9.92 Å². The highest BCUT2D eigenvalue weighted by Crippen LogP contribution is 2.30. The lowest BCUT2D eigenvalue weighted by molar-refractivity contribution is 0.491. The van der Waals surface area contributed by atoms with E-state index in [1.165, 1.54) is 0 Å². The van der Waals surface area contributed by atoms with Crippen LogP contribution in [0.25, 0.3) is 0 Å². The van der Waals surface area contributed by atoms with Gasteiger partial charge in [-0.1, -0.05) is 6.07 Å². The fraction of sp³-hybridized carbons (Fsp3) is 0.455. The average molecular weight is 241 g/mol. The molecule has 88 valence electrons. The molecule has 1 aromatic carbocycles. The van der Waals surface area contributed by atoms with Crippen LogP contribution in [0.3, 0.4) is 0 Å². The van der Waals surface area contributed by atoms with Crippen molar-refractivity contribution in [1.82, 2.24) is 0 Å². The summed E-state index contributed by atoms with van der Waals surface area (Å²) < 4.78 is 26.8. The van der Waals surface area contributed by atoms with Crippen LogP contribution in [0.15, 0.2) is 18.2 Å². The third-order valence-electron chi connectivity index (χ3n) is 2.72. The zero-order chi connectivity index (χ0) is 11.8. The Labute approximate surface area is 95.5 Å². The van der Waals surface area contributed by atoms with Gasteiger partial charge in [-0.2, -0.15) is 8.42 Å². The third kappa shape index (κ3) is 2.54. The molecule has 0 aromatic heterocycles. The van der Waals surface area contributed by atoms with Crippen LogP contribution >= 0.6 is 0 Å². The van der Waals surface area contributed by atoms with E-state index in [1.54, 1.807) is 12.1 Å². The van der Waals surface area contributed by atoms with Gasteiger partial charge in [0.15, 0.2) is 0 Å². The summed E-state index contributed by atoms with van der Waals surface area (Å²) in [6, 6.07) is 5.36. The highest BCUT2D eigenvalue weighted by molar-refractivity contribution is 7.86. The van der Waals surface area contributed by atoms with E-state index in [1.807, 2.05) is 6.07 Å². The molecule has 1 aliphatic carbocycles. The summed E-state index contributed by atoms with van der Waals surface area (Å²) in [5.41, 5.74) is 8.17. The minimum Gasteiger partial charge on any atom is -0.383 e. The van der Waals surface area contributed by atoms with E-state index in [2.05, 4.69) is 0 Å². The number of rotatable bonds is 2. The van der Waals surface area contributed by atoms with Gasteiger partial charge in [-0.15, -0.1) is 0 Å². The fourth-order valence-corrected chi connectivity index (χ4v) is 2.51. The summed E-state index contributed by atoms with van der Waals surface area (Å²) in [5.74, 6) is 0.371. The van der Waals surface area contributed by atoms with Crippen molar-refractivity contribution in [2.75, 3.05) is 6.26 Å². The topological polar surface area (TPSA) is 69.4 Å². The van der Waals surface area contributed by atoms with Crippen LogP contribution in [0.1, 0.15) is 30.0 Å². The van der Waals surface area contributed by atoms with E-state index in [4.69, 9.17) is 9.92 Å². The number of aryl methyl sites for hydroxylation is 1. The van der Waals surface area contributed by atoms with Crippen molar-refractivity contribution >= 4 is 10.1 Å². The second-order valence-electron chi connectivity index (χ2n) is 4.15. The minimum atomic E-state index is -3.45. The van der Waals surface area contributed by atoms with E-state index in [0.717, 1.165) is 36.6 Å². The van der Waals surface area contributed by atoms with Crippen molar-refractivity contribution in [3.8, 4) is 5.75 Å². The van der Waals surface area contributed by atoms with Crippen LogP contribution in [0.4, 0.5) is 0 Å². The second kappa shape index (κ2) is 4.07. The highest BCUT2D eigenvalue weighted by atomic mass is 32.2. The zero-order valence-corrected chi connectivity index (χ0v) is 9.96. The molecule has 4 nitrogen and oxygen atoms in total. The Kier molecular flexibility index (Phi) is 2.90. The van der Waals surface area contributed by atoms with Crippen LogP contribution in [0.5, 0.6) is 5.75 Å². The molecule has 0 fully saturated rings. The normalized spacial score (nSPS) is 20.2. The molecule has 0 bridgehead atoms. The van der Waals surface area contributed by atoms with E-state index in [-0.39, 0.29) is 6.04 Å². The van der Waals surface area contributed by atoms with Crippen LogP contribution in [-0.2, 0) is 16.5 Å². The fourth-order valence-electron chi connectivity index (χ4n) is 2.05. The van der Waals surface area contributed by atoms with E-state index >= 15 is 0 Å². The maximum atomic E-state index is 11.0. The van der Waals surface area contributed by atoms with Gasteiger partial charge in [0.25, 0.3) is 0 Å². The molecule has 2 rings (SSSR count). The smallest absolute Gasteiger partial charge is 0.306 e. The van der Waals surface area contributed by atoms with Crippen molar-refractivity contribution in [2.45, 2.75) is 25.3 Å². The van der Waals surface area contributed by atoms with Crippen molar-refractivity contribution < 1.29 is 12.6 Å². The van der Waals surface area contributed by atoms with Gasteiger partial charge >= 0.3 is 10.1 Å². The summed E-state index contributed by atoms with van der Waals surface area (Å²) in [5, 5.41) is 0. The third-order valence-corrected chi connectivity index (χ3v) is 3.22. The number of fused-ring (bicyclic) bond motifs is 1. The van der Waals surface area contributed by atoms with Gasteiger partial charge in [0.2, 0.25) is 0 Å². The molecule has 1 aliphatic rings. The number of hydrogen-bond acceptors (Lipinski definition) is 4. The van der Waals surface area contributed by atoms with Gasteiger partial charge in [-0.3, -0.25) is 0 Å². The summed E-state index contributed by atoms with van der Waals surface area (Å²) >= 11 is 0. The number of hydrogen-bond donors (Lipinski definition) is 1. The Balaban J connectivity index is 2.32. The van der Waals surface area contributed by atoms with Gasteiger partial charge in [0.05, 0.1) is 6.26 Å². The first-order valence-corrected chi connectivity index (χ1v) is 7.05. The molecular formula is C11H15NO3S. The quantitative estimate of drug-likeness (QED) is 0.794. The summed E-state index contributed by atoms with van der Waals surface area (Å²) in [7, 11) is -3.45. The number of benzene rings is 1. The van der Waals surface area contributed by atoms with Crippen LogP contribution < -0.4 is 9.92 Å². The molecule has 2 N–H and O–H groups in total. The minimum absolute atomic E-state index is 0.0658. The summed E-state index contributed by atoms with van der Waals surface area (Å²) in [6.07, 6.45) is 4.00. The molecular weight excluding hydrogens is 226 g/mol. The SMILES string of the molecule is CS(=O)(=O)Oc1ccc2c(c1)CCC[C@H]2N. The average Bonchev–Trinajstić information content (AvgIpc) is 2.15. The largest absolute Gasteiger partial charge is 0.383 e. The first kappa shape index (κ1) is 11.4. The monoisotopic (exact) mass is 241 g/mol. The van der Waals surface area contributed by atoms with Crippen LogP contribution in [-0.4, -0.2) is 14.7 Å². The first-order chi connectivity index (χ1) is 7.46. The van der Waals surface area contributed by atoms with Gasteiger partial charge in [0, 0.05) is 6.04 Å². The van der Waals surface area contributed by atoms with Crippen molar-refractivity contribution in [3.05, 3.63) is 29.3 Å². The highest BCUT2D eigenvalue weighted by Gasteiger charge is 2.17. The lowest BCUT2D eigenvalue weighted by Gasteiger charge is -2.22. The summed E-state index contributed by atoms with van der Waals surface area (Å²) in [4.78, 5) is 0. The van der Waals surface area contributed by atoms with Gasteiger partial charge in [-0.05, 0) is 42.5 Å². The molecule has 1 aromatic rings. The summed E-state index contributed by atoms with van der Waals surface area (Å²) in [6.45, 7) is 0. The molecule has 16 heavy (non-hydrogen) atoms. The van der Waals surface area contributed by atoms with Crippen LogP contribution in [0, 0.1) is 0 Å². The Morgan fingerprint density at radius 3 is 2.88 bits per heavy atom. The van der Waals surface area contributed by atoms with E-state index < -0.39 is 10.1 Å². The Hall–Kier alpha value is -1.07. The van der Waals surface area contributed by atoms with Gasteiger partial charge in [0.1, 0.15) is 5.75 Å². The molecule has 0 amide bonds. The van der Waals surface area contributed by atoms with Crippen molar-refractivity contribution in [1.29, 1.82) is 0 Å².